The molecular weight excluding hydrogens is 211 g/mol. The highest BCUT2D eigenvalue weighted by molar-refractivity contribution is 9.11. The van der Waals surface area contributed by atoms with Gasteiger partial charge >= 0.3 is 0 Å². The molecular formula is C8H8BrFO. The van der Waals surface area contributed by atoms with Crippen molar-refractivity contribution in [2.24, 2.45) is 0 Å². The van der Waals surface area contributed by atoms with Crippen molar-refractivity contribution in [1.82, 2.24) is 0 Å². The maximum absolute atomic E-state index is 13.4. The summed E-state index contributed by atoms with van der Waals surface area (Å²) in [6.45, 7) is 2.88. The van der Waals surface area contributed by atoms with E-state index in [9.17, 15) is 9.18 Å². The monoisotopic (exact) mass is 218 g/mol. The van der Waals surface area contributed by atoms with Crippen molar-refractivity contribution in [2.75, 3.05) is 0 Å². The van der Waals surface area contributed by atoms with Crippen LogP contribution in [0, 0.1) is 0 Å². The van der Waals surface area contributed by atoms with Crippen LogP contribution in [0.2, 0.25) is 0 Å². The lowest BCUT2D eigenvalue weighted by atomic mass is 9.90. The Kier molecular flexibility index (Phi) is 2.01. The largest absolute Gasteiger partial charge is 0.291 e. The van der Waals surface area contributed by atoms with E-state index in [0.29, 0.717) is 10.1 Å². The number of alkyl halides is 1. The van der Waals surface area contributed by atoms with Crippen LogP contribution < -0.4 is 0 Å². The molecule has 0 aromatic carbocycles. The zero-order valence-electron chi connectivity index (χ0n) is 6.32. The number of carbonyl (C=O) groups excluding carboxylic acids is 1. The molecule has 0 unspecified atom stereocenters. The third kappa shape index (κ3) is 1.29. The summed E-state index contributed by atoms with van der Waals surface area (Å²) in [7, 11) is 0. The van der Waals surface area contributed by atoms with E-state index in [1.54, 1.807) is 13.0 Å². The minimum atomic E-state index is -1.83. The highest BCUT2D eigenvalue weighted by Crippen LogP contribution is 2.32. The van der Waals surface area contributed by atoms with Crippen molar-refractivity contribution in [2.45, 2.75) is 19.5 Å². The lowest BCUT2D eigenvalue weighted by molar-refractivity contribution is -0.122. The van der Waals surface area contributed by atoms with Gasteiger partial charge in [0, 0.05) is 4.48 Å². The smallest absolute Gasteiger partial charge is 0.196 e. The molecule has 0 aliphatic heterocycles. The summed E-state index contributed by atoms with van der Waals surface area (Å²) in [6.07, 6.45) is 2.82. The average Bonchev–Trinajstić information content (AvgIpc) is 1.95. The third-order valence-corrected chi connectivity index (χ3v) is 2.77. The normalized spacial score (nSPS) is 31.5. The fraction of sp³-hybridized carbons (Fsp3) is 0.375. The van der Waals surface area contributed by atoms with E-state index in [0.717, 1.165) is 0 Å². The van der Waals surface area contributed by atoms with Crippen LogP contribution >= 0.6 is 15.9 Å². The summed E-state index contributed by atoms with van der Waals surface area (Å²) < 4.78 is 14.1. The first-order chi connectivity index (χ1) is 4.96. The topological polar surface area (TPSA) is 17.1 Å². The van der Waals surface area contributed by atoms with Gasteiger partial charge in [0.1, 0.15) is 0 Å². The Bertz CT molecular complexity index is 263. The molecule has 0 radical (unpaired) electrons. The van der Waals surface area contributed by atoms with Crippen LogP contribution in [0.1, 0.15) is 13.8 Å². The van der Waals surface area contributed by atoms with E-state index in [-0.39, 0.29) is 0 Å². The molecule has 3 heteroatoms. The highest BCUT2D eigenvalue weighted by atomic mass is 79.9. The lowest BCUT2D eigenvalue weighted by Gasteiger charge is -2.21. The molecule has 0 bridgehead atoms. The SMILES string of the molecule is CC1=C(Br)C=CC(=O)[C@]1(C)F. The van der Waals surface area contributed by atoms with Gasteiger partial charge in [-0.2, -0.15) is 0 Å². The summed E-state index contributed by atoms with van der Waals surface area (Å²) in [5.74, 6) is -0.488. The van der Waals surface area contributed by atoms with Gasteiger partial charge < -0.3 is 0 Å². The van der Waals surface area contributed by atoms with E-state index in [1.807, 2.05) is 0 Å². The van der Waals surface area contributed by atoms with Gasteiger partial charge in [-0.05, 0) is 31.6 Å². The van der Waals surface area contributed by atoms with E-state index in [2.05, 4.69) is 15.9 Å². The van der Waals surface area contributed by atoms with Crippen LogP contribution in [-0.2, 0) is 4.79 Å². The van der Waals surface area contributed by atoms with Crippen LogP contribution in [-0.4, -0.2) is 11.5 Å². The molecule has 0 N–H and O–H groups in total. The average molecular weight is 219 g/mol. The fourth-order valence-corrected chi connectivity index (χ4v) is 1.34. The van der Waals surface area contributed by atoms with Crippen molar-refractivity contribution in [3.63, 3.8) is 0 Å². The second kappa shape index (κ2) is 2.55. The molecule has 60 valence electrons. The maximum atomic E-state index is 13.4. The Labute approximate surface area is 73.1 Å². The number of hydrogen-bond acceptors (Lipinski definition) is 1. The van der Waals surface area contributed by atoms with Gasteiger partial charge in [-0.15, -0.1) is 0 Å². The van der Waals surface area contributed by atoms with Crippen molar-refractivity contribution >= 4 is 21.7 Å². The quantitative estimate of drug-likeness (QED) is 0.611. The molecule has 11 heavy (non-hydrogen) atoms. The molecule has 0 amide bonds. The molecule has 0 fully saturated rings. The number of hydrogen-bond donors (Lipinski definition) is 0. The molecule has 0 saturated heterocycles. The van der Waals surface area contributed by atoms with Gasteiger partial charge in [0.25, 0.3) is 0 Å². The van der Waals surface area contributed by atoms with Gasteiger partial charge in [-0.3, -0.25) is 4.79 Å². The van der Waals surface area contributed by atoms with Crippen molar-refractivity contribution < 1.29 is 9.18 Å². The van der Waals surface area contributed by atoms with Crippen LogP contribution in [0.5, 0.6) is 0 Å². The molecule has 0 saturated carbocycles. The Balaban J connectivity index is 3.17. The summed E-state index contributed by atoms with van der Waals surface area (Å²) in [4.78, 5) is 11.0. The van der Waals surface area contributed by atoms with Crippen molar-refractivity contribution in [3.8, 4) is 0 Å². The minimum absolute atomic E-state index is 0.435. The standard InChI is InChI=1S/C8H8BrFO/c1-5-6(9)3-4-7(11)8(5,2)10/h3-4H,1-2H3/t8-/m1/s1. The summed E-state index contributed by atoms with van der Waals surface area (Å²) >= 11 is 3.16. The molecule has 0 aromatic rings. The van der Waals surface area contributed by atoms with Gasteiger partial charge in [0.15, 0.2) is 11.5 Å². The molecule has 1 atom stereocenters. The molecule has 0 heterocycles. The zero-order chi connectivity index (χ0) is 8.65. The predicted octanol–water partition coefficient (Wildman–Crippen LogP) is 2.52. The molecule has 1 aliphatic rings. The van der Waals surface area contributed by atoms with Crippen LogP contribution in [0.15, 0.2) is 22.2 Å². The maximum Gasteiger partial charge on any atom is 0.196 e. The van der Waals surface area contributed by atoms with Gasteiger partial charge in [-0.25, -0.2) is 4.39 Å². The molecule has 1 nitrogen and oxygen atoms in total. The zero-order valence-corrected chi connectivity index (χ0v) is 7.90. The molecule has 1 aliphatic carbocycles. The number of allylic oxidation sites excluding steroid dienone is 4. The van der Waals surface area contributed by atoms with Crippen LogP contribution in [0.25, 0.3) is 0 Å². The third-order valence-electron chi connectivity index (χ3n) is 1.91. The Hall–Kier alpha value is -0.440. The summed E-state index contributed by atoms with van der Waals surface area (Å²) in [5, 5.41) is 0. The molecule has 0 aromatic heterocycles. The molecule has 0 spiro atoms. The van der Waals surface area contributed by atoms with Gasteiger partial charge in [0.05, 0.1) is 0 Å². The van der Waals surface area contributed by atoms with Crippen LogP contribution in [0.3, 0.4) is 0 Å². The minimum Gasteiger partial charge on any atom is -0.291 e. The Morgan fingerprint density at radius 1 is 1.55 bits per heavy atom. The van der Waals surface area contributed by atoms with E-state index in [1.165, 1.54) is 13.0 Å². The Morgan fingerprint density at radius 3 is 2.55 bits per heavy atom. The number of rotatable bonds is 0. The number of ketones is 1. The lowest BCUT2D eigenvalue weighted by Crippen LogP contribution is -2.32. The van der Waals surface area contributed by atoms with Crippen molar-refractivity contribution in [1.29, 1.82) is 0 Å². The van der Waals surface area contributed by atoms with Crippen molar-refractivity contribution in [3.05, 3.63) is 22.2 Å². The second-order valence-electron chi connectivity index (χ2n) is 2.67. The fourth-order valence-electron chi connectivity index (χ4n) is 0.839. The van der Waals surface area contributed by atoms with E-state index < -0.39 is 11.5 Å². The van der Waals surface area contributed by atoms with Gasteiger partial charge in [-0.1, -0.05) is 15.9 Å². The first-order valence-corrected chi connectivity index (χ1v) is 4.04. The van der Waals surface area contributed by atoms with E-state index in [4.69, 9.17) is 0 Å². The first-order valence-electron chi connectivity index (χ1n) is 3.24. The first kappa shape index (κ1) is 8.65. The summed E-state index contributed by atoms with van der Waals surface area (Å²) in [5.41, 5.74) is -1.39. The highest BCUT2D eigenvalue weighted by Gasteiger charge is 2.36. The van der Waals surface area contributed by atoms with E-state index >= 15 is 0 Å². The number of carbonyl (C=O) groups is 1. The predicted molar refractivity (Wildman–Crippen MR) is 45.3 cm³/mol. The van der Waals surface area contributed by atoms with Crippen LogP contribution in [0.4, 0.5) is 4.39 Å². The Morgan fingerprint density at radius 2 is 2.09 bits per heavy atom. The summed E-state index contributed by atoms with van der Waals surface area (Å²) in [6, 6.07) is 0. The number of halogens is 2. The second-order valence-corrected chi connectivity index (χ2v) is 3.53. The van der Waals surface area contributed by atoms with Gasteiger partial charge in [0.2, 0.25) is 0 Å². The molecule has 1 rings (SSSR count).